The highest BCUT2D eigenvalue weighted by atomic mass is 16.5. The summed E-state index contributed by atoms with van der Waals surface area (Å²) in [5, 5.41) is 2.77. The highest BCUT2D eigenvalue weighted by Crippen LogP contribution is 2.22. The molecule has 0 bridgehead atoms. The summed E-state index contributed by atoms with van der Waals surface area (Å²) < 4.78 is 11.4. The lowest BCUT2D eigenvalue weighted by Gasteiger charge is -2.13. The normalized spacial score (nSPS) is 10.2. The topological polar surface area (TPSA) is 47.6 Å². The largest absolute Gasteiger partial charge is 0.494 e. The number of benzene rings is 2. The molecule has 0 aliphatic rings. The van der Waals surface area contributed by atoms with Crippen LogP contribution in [0.3, 0.4) is 0 Å². The second kappa shape index (κ2) is 9.53. The van der Waals surface area contributed by atoms with E-state index in [0.29, 0.717) is 31.9 Å². The van der Waals surface area contributed by atoms with Crippen LogP contribution in [-0.2, 0) is 18.0 Å². The Morgan fingerprint density at radius 1 is 1.17 bits per heavy atom. The van der Waals surface area contributed by atoms with Crippen LogP contribution in [0.25, 0.3) is 0 Å². The Hall–Kier alpha value is -2.59. The lowest BCUT2D eigenvalue weighted by Crippen LogP contribution is -2.23. The molecule has 4 nitrogen and oxygen atoms in total. The molecule has 0 aromatic heterocycles. The maximum absolute atomic E-state index is 12.1. The van der Waals surface area contributed by atoms with Crippen LogP contribution in [-0.4, -0.2) is 19.1 Å². The number of ether oxygens (including phenoxy) is 2. The number of hydrogen-bond acceptors (Lipinski definition) is 3. The molecular weight excluding hydrogens is 302 g/mol. The minimum Gasteiger partial charge on any atom is -0.494 e. The molecule has 0 atom stereocenters. The molecule has 4 heteroatoms. The number of carbonyl (C=O) groups is 1. The molecule has 0 spiro atoms. The quantitative estimate of drug-likeness (QED) is 0.715. The molecule has 2 aromatic rings. The Labute approximate surface area is 143 Å². The smallest absolute Gasteiger partial charge is 0.251 e. The minimum absolute atomic E-state index is 0.137. The van der Waals surface area contributed by atoms with E-state index < -0.39 is 0 Å². The lowest BCUT2D eigenvalue weighted by molar-refractivity contribution is 0.0955. The molecule has 0 saturated carbocycles. The van der Waals surface area contributed by atoms with E-state index in [1.54, 1.807) is 12.1 Å². The molecule has 0 aliphatic carbocycles. The van der Waals surface area contributed by atoms with E-state index in [4.69, 9.17) is 9.47 Å². The Morgan fingerprint density at radius 2 is 1.96 bits per heavy atom. The van der Waals surface area contributed by atoms with Gasteiger partial charge in [0.25, 0.3) is 5.91 Å². The fraction of sp³-hybridized carbons (Fsp3) is 0.250. The van der Waals surface area contributed by atoms with Gasteiger partial charge in [-0.05, 0) is 30.7 Å². The number of rotatable bonds is 9. The zero-order chi connectivity index (χ0) is 17.2. The van der Waals surface area contributed by atoms with Crippen LogP contribution >= 0.6 is 0 Å². The molecule has 126 valence electrons. The first-order valence-corrected chi connectivity index (χ1v) is 8.01. The predicted molar refractivity (Wildman–Crippen MR) is 95.1 cm³/mol. The lowest BCUT2D eigenvalue weighted by atomic mass is 10.1. The standard InChI is InChI=1S/C20H23NO3/c1-3-12-21-20(22)17-10-11-19(24-4-2)18(13-17)15-23-14-16-8-6-5-7-9-16/h3,5-11,13H,1,4,12,14-15H2,2H3,(H,21,22). The molecule has 0 unspecified atom stereocenters. The summed E-state index contributed by atoms with van der Waals surface area (Å²) in [6, 6.07) is 15.4. The van der Waals surface area contributed by atoms with Crippen LogP contribution in [0.2, 0.25) is 0 Å². The molecular formula is C20H23NO3. The maximum Gasteiger partial charge on any atom is 0.251 e. The number of hydrogen-bond donors (Lipinski definition) is 1. The predicted octanol–water partition coefficient (Wildman–Crippen LogP) is 3.72. The third-order valence-corrected chi connectivity index (χ3v) is 3.40. The van der Waals surface area contributed by atoms with Crippen LogP contribution in [0.15, 0.2) is 61.2 Å². The molecule has 0 radical (unpaired) electrons. The Balaban J connectivity index is 2.06. The van der Waals surface area contributed by atoms with Crippen molar-refractivity contribution >= 4 is 5.91 Å². The van der Waals surface area contributed by atoms with Gasteiger partial charge in [-0.25, -0.2) is 0 Å². The molecule has 1 amide bonds. The molecule has 0 aliphatic heterocycles. The molecule has 0 fully saturated rings. The van der Waals surface area contributed by atoms with Gasteiger partial charge in [0.2, 0.25) is 0 Å². The molecule has 2 aromatic carbocycles. The van der Waals surface area contributed by atoms with Gasteiger partial charge in [0.1, 0.15) is 5.75 Å². The third kappa shape index (κ3) is 5.25. The van der Waals surface area contributed by atoms with Gasteiger partial charge in [0.15, 0.2) is 0 Å². The Morgan fingerprint density at radius 3 is 2.67 bits per heavy atom. The summed E-state index contributed by atoms with van der Waals surface area (Å²) in [4.78, 5) is 12.1. The Bertz CT molecular complexity index is 668. The molecule has 1 N–H and O–H groups in total. The SMILES string of the molecule is C=CCNC(=O)c1ccc(OCC)c(COCc2ccccc2)c1. The van der Waals surface area contributed by atoms with Crippen molar-refractivity contribution in [1.82, 2.24) is 5.32 Å². The van der Waals surface area contributed by atoms with Crippen LogP contribution < -0.4 is 10.1 Å². The van der Waals surface area contributed by atoms with Crippen LogP contribution in [0, 0.1) is 0 Å². The Kier molecular flexibility index (Phi) is 7.05. The zero-order valence-corrected chi connectivity index (χ0v) is 14.0. The van der Waals surface area contributed by atoms with Crippen LogP contribution in [0.4, 0.5) is 0 Å². The highest BCUT2D eigenvalue weighted by Gasteiger charge is 2.10. The van der Waals surface area contributed by atoms with Gasteiger partial charge in [-0.1, -0.05) is 36.4 Å². The van der Waals surface area contributed by atoms with Crippen molar-refractivity contribution in [3.63, 3.8) is 0 Å². The highest BCUT2D eigenvalue weighted by molar-refractivity contribution is 5.94. The van der Waals surface area contributed by atoms with Gasteiger partial charge >= 0.3 is 0 Å². The maximum atomic E-state index is 12.1. The van der Waals surface area contributed by atoms with Gasteiger partial charge in [-0.3, -0.25) is 4.79 Å². The van der Waals surface area contributed by atoms with E-state index >= 15 is 0 Å². The van der Waals surface area contributed by atoms with Crippen molar-refractivity contribution in [1.29, 1.82) is 0 Å². The molecule has 0 heterocycles. The number of nitrogens with one attached hydrogen (secondary N) is 1. The van der Waals surface area contributed by atoms with Gasteiger partial charge < -0.3 is 14.8 Å². The van der Waals surface area contributed by atoms with Crippen molar-refractivity contribution in [3.05, 3.63) is 77.9 Å². The fourth-order valence-corrected chi connectivity index (χ4v) is 2.25. The van der Waals surface area contributed by atoms with E-state index in [9.17, 15) is 4.79 Å². The van der Waals surface area contributed by atoms with E-state index in [1.165, 1.54) is 0 Å². The average molecular weight is 325 g/mol. The zero-order valence-electron chi connectivity index (χ0n) is 14.0. The third-order valence-electron chi connectivity index (χ3n) is 3.40. The van der Waals surface area contributed by atoms with E-state index in [-0.39, 0.29) is 5.91 Å². The number of carbonyl (C=O) groups excluding carboxylic acids is 1. The summed E-state index contributed by atoms with van der Waals surface area (Å²) in [6.45, 7) is 7.42. The average Bonchev–Trinajstić information content (AvgIpc) is 2.62. The van der Waals surface area contributed by atoms with E-state index in [2.05, 4.69) is 11.9 Å². The van der Waals surface area contributed by atoms with Crippen molar-refractivity contribution < 1.29 is 14.3 Å². The van der Waals surface area contributed by atoms with Crippen LogP contribution in [0.5, 0.6) is 5.75 Å². The first kappa shape index (κ1) is 17.8. The second-order valence-corrected chi connectivity index (χ2v) is 5.23. The van der Waals surface area contributed by atoms with Crippen molar-refractivity contribution in [3.8, 4) is 5.75 Å². The summed E-state index contributed by atoms with van der Waals surface area (Å²) in [5.74, 6) is 0.605. The fourth-order valence-electron chi connectivity index (χ4n) is 2.25. The van der Waals surface area contributed by atoms with Gasteiger partial charge in [0, 0.05) is 17.7 Å². The summed E-state index contributed by atoms with van der Waals surface area (Å²) in [6.07, 6.45) is 1.65. The minimum atomic E-state index is -0.137. The summed E-state index contributed by atoms with van der Waals surface area (Å²) in [7, 11) is 0. The van der Waals surface area contributed by atoms with Crippen molar-refractivity contribution in [2.24, 2.45) is 0 Å². The van der Waals surface area contributed by atoms with Crippen LogP contribution in [0.1, 0.15) is 28.4 Å². The van der Waals surface area contributed by atoms with E-state index in [1.807, 2.05) is 49.4 Å². The van der Waals surface area contributed by atoms with Gasteiger partial charge in [-0.15, -0.1) is 6.58 Å². The van der Waals surface area contributed by atoms with E-state index in [0.717, 1.165) is 16.9 Å². The first-order chi connectivity index (χ1) is 11.7. The van der Waals surface area contributed by atoms with Crippen molar-refractivity contribution in [2.75, 3.05) is 13.2 Å². The van der Waals surface area contributed by atoms with Gasteiger partial charge in [-0.2, -0.15) is 0 Å². The second-order valence-electron chi connectivity index (χ2n) is 5.23. The monoisotopic (exact) mass is 325 g/mol. The summed E-state index contributed by atoms with van der Waals surface area (Å²) in [5.41, 5.74) is 2.55. The number of amides is 1. The van der Waals surface area contributed by atoms with Crippen molar-refractivity contribution in [2.45, 2.75) is 20.1 Å². The van der Waals surface area contributed by atoms with Gasteiger partial charge in [0.05, 0.1) is 19.8 Å². The molecule has 0 saturated heterocycles. The molecule has 24 heavy (non-hydrogen) atoms. The first-order valence-electron chi connectivity index (χ1n) is 8.01. The molecule has 2 rings (SSSR count). The summed E-state index contributed by atoms with van der Waals surface area (Å²) >= 11 is 0.